The Morgan fingerprint density at radius 3 is 2.69 bits per heavy atom. The lowest BCUT2D eigenvalue weighted by atomic mass is 10.1. The maximum absolute atomic E-state index is 9.55. The molecule has 1 heterocycles. The van der Waals surface area contributed by atoms with Crippen molar-refractivity contribution in [3.05, 3.63) is 35.3 Å². The van der Waals surface area contributed by atoms with Gasteiger partial charge in [-0.25, -0.2) is 4.98 Å². The van der Waals surface area contributed by atoms with Crippen LogP contribution in [0.15, 0.2) is 18.2 Å². The van der Waals surface area contributed by atoms with Gasteiger partial charge in [0.2, 0.25) is 0 Å². The topological polar surface area (TPSA) is 74.9 Å². The molecule has 0 aliphatic carbocycles. The molecule has 0 bridgehead atoms. The zero-order chi connectivity index (χ0) is 11.7. The normalized spacial score (nSPS) is 10.7. The van der Waals surface area contributed by atoms with Gasteiger partial charge < -0.3 is 15.8 Å². The quantitative estimate of drug-likeness (QED) is 0.718. The molecule has 0 aliphatic heterocycles. The Hall–Kier alpha value is -1.81. The number of aromatic nitrogens is 2. The molecule has 4 heteroatoms. The van der Waals surface area contributed by atoms with Crippen LogP contribution < -0.4 is 5.73 Å². The summed E-state index contributed by atoms with van der Waals surface area (Å²) in [6.45, 7) is 4.22. The number of nitrogens with one attached hydrogen (secondary N) is 1. The molecule has 1 aromatic carbocycles. The predicted molar refractivity (Wildman–Crippen MR) is 63.1 cm³/mol. The van der Waals surface area contributed by atoms with Crippen molar-refractivity contribution in [1.82, 2.24) is 9.97 Å². The Kier molecular flexibility index (Phi) is 2.66. The van der Waals surface area contributed by atoms with E-state index in [1.807, 2.05) is 26.0 Å². The van der Waals surface area contributed by atoms with Gasteiger partial charge in [-0.1, -0.05) is 0 Å². The summed E-state index contributed by atoms with van der Waals surface area (Å²) in [6, 6.07) is 5.37. The molecule has 4 N–H and O–H groups in total. The van der Waals surface area contributed by atoms with Crippen LogP contribution in [-0.2, 0) is 6.54 Å². The van der Waals surface area contributed by atoms with E-state index in [0.29, 0.717) is 6.54 Å². The first kappa shape index (κ1) is 10.7. The molecule has 0 spiro atoms. The van der Waals surface area contributed by atoms with E-state index >= 15 is 0 Å². The van der Waals surface area contributed by atoms with Crippen LogP contribution >= 0.6 is 0 Å². The van der Waals surface area contributed by atoms with Crippen LogP contribution in [0.2, 0.25) is 0 Å². The Balaban J connectivity index is 2.52. The first-order valence-corrected chi connectivity index (χ1v) is 5.17. The SMILES string of the molecule is Cc1nc(-c2ccc(O)c(CN)c2)c(C)[nH]1. The summed E-state index contributed by atoms with van der Waals surface area (Å²) in [4.78, 5) is 7.56. The van der Waals surface area contributed by atoms with Crippen molar-refractivity contribution in [2.75, 3.05) is 0 Å². The lowest BCUT2D eigenvalue weighted by molar-refractivity contribution is 0.468. The van der Waals surface area contributed by atoms with Gasteiger partial charge in [0, 0.05) is 23.4 Å². The van der Waals surface area contributed by atoms with E-state index in [1.54, 1.807) is 6.07 Å². The number of imidazole rings is 1. The number of rotatable bonds is 2. The van der Waals surface area contributed by atoms with Crippen molar-refractivity contribution in [2.45, 2.75) is 20.4 Å². The number of nitrogens with zero attached hydrogens (tertiary/aromatic N) is 1. The summed E-state index contributed by atoms with van der Waals surface area (Å²) >= 11 is 0. The average Bonchev–Trinajstić information content (AvgIpc) is 2.59. The van der Waals surface area contributed by atoms with Gasteiger partial charge in [-0.15, -0.1) is 0 Å². The standard InChI is InChI=1S/C12H15N3O/c1-7-12(15-8(2)14-7)9-3-4-11(16)10(5-9)6-13/h3-5,16H,6,13H2,1-2H3,(H,14,15). The highest BCUT2D eigenvalue weighted by Gasteiger charge is 2.09. The van der Waals surface area contributed by atoms with Gasteiger partial charge in [-0.05, 0) is 32.0 Å². The number of hydrogen-bond donors (Lipinski definition) is 3. The summed E-state index contributed by atoms with van der Waals surface area (Å²) in [7, 11) is 0. The summed E-state index contributed by atoms with van der Waals surface area (Å²) in [5, 5.41) is 9.55. The van der Waals surface area contributed by atoms with E-state index in [1.165, 1.54) is 0 Å². The fourth-order valence-electron chi connectivity index (χ4n) is 1.79. The van der Waals surface area contributed by atoms with Crippen molar-refractivity contribution >= 4 is 0 Å². The third kappa shape index (κ3) is 1.79. The highest BCUT2D eigenvalue weighted by molar-refractivity contribution is 5.64. The summed E-state index contributed by atoms with van der Waals surface area (Å²) in [5.41, 5.74) is 9.19. The lowest BCUT2D eigenvalue weighted by Gasteiger charge is -2.04. The van der Waals surface area contributed by atoms with Gasteiger partial charge in [0.15, 0.2) is 0 Å². The van der Waals surface area contributed by atoms with Crippen LogP contribution in [0.25, 0.3) is 11.3 Å². The molecule has 4 nitrogen and oxygen atoms in total. The molecule has 0 saturated carbocycles. The second-order valence-electron chi connectivity index (χ2n) is 3.84. The molecular weight excluding hydrogens is 202 g/mol. The molecule has 0 fully saturated rings. The summed E-state index contributed by atoms with van der Waals surface area (Å²) in [5.74, 6) is 1.12. The Morgan fingerprint density at radius 2 is 2.12 bits per heavy atom. The third-order valence-corrected chi connectivity index (χ3v) is 2.58. The number of phenolic OH excluding ortho intramolecular Hbond substituents is 1. The molecule has 0 radical (unpaired) electrons. The Labute approximate surface area is 94.1 Å². The first-order valence-electron chi connectivity index (χ1n) is 5.17. The molecule has 2 rings (SSSR count). The summed E-state index contributed by atoms with van der Waals surface area (Å²) in [6.07, 6.45) is 0. The largest absolute Gasteiger partial charge is 0.508 e. The van der Waals surface area contributed by atoms with Gasteiger partial charge in [-0.2, -0.15) is 0 Å². The number of phenols is 1. The zero-order valence-corrected chi connectivity index (χ0v) is 9.41. The van der Waals surface area contributed by atoms with Crippen molar-refractivity contribution in [1.29, 1.82) is 0 Å². The predicted octanol–water partition coefficient (Wildman–Crippen LogP) is 1.86. The smallest absolute Gasteiger partial charge is 0.120 e. The monoisotopic (exact) mass is 217 g/mol. The molecule has 84 valence electrons. The van der Waals surface area contributed by atoms with Crippen LogP contribution in [-0.4, -0.2) is 15.1 Å². The van der Waals surface area contributed by atoms with E-state index in [9.17, 15) is 5.11 Å². The first-order chi connectivity index (χ1) is 7.61. The van der Waals surface area contributed by atoms with E-state index in [0.717, 1.165) is 28.3 Å². The number of aryl methyl sites for hydroxylation is 2. The van der Waals surface area contributed by atoms with E-state index in [2.05, 4.69) is 9.97 Å². The summed E-state index contributed by atoms with van der Waals surface area (Å²) < 4.78 is 0. The molecule has 0 atom stereocenters. The maximum atomic E-state index is 9.55. The van der Waals surface area contributed by atoms with Crippen LogP contribution in [0.4, 0.5) is 0 Å². The molecule has 16 heavy (non-hydrogen) atoms. The molecule has 1 aromatic heterocycles. The van der Waals surface area contributed by atoms with Crippen molar-refractivity contribution < 1.29 is 5.11 Å². The lowest BCUT2D eigenvalue weighted by Crippen LogP contribution is -1.97. The maximum Gasteiger partial charge on any atom is 0.120 e. The third-order valence-electron chi connectivity index (χ3n) is 2.58. The van der Waals surface area contributed by atoms with Gasteiger partial charge in [0.05, 0.1) is 5.69 Å². The Morgan fingerprint density at radius 1 is 1.38 bits per heavy atom. The number of aromatic amines is 1. The molecule has 0 saturated heterocycles. The van der Waals surface area contributed by atoms with Crippen molar-refractivity contribution in [3.63, 3.8) is 0 Å². The second-order valence-corrected chi connectivity index (χ2v) is 3.84. The second kappa shape index (κ2) is 3.98. The number of hydrogen-bond acceptors (Lipinski definition) is 3. The van der Waals surface area contributed by atoms with Gasteiger partial charge in [0.25, 0.3) is 0 Å². The number of H-pyrrole nitrogens is 1. The van der Waals surface area contributed by atoms with Crippen LogP contribution in [0.3, 0.4) is 0 Å². The Bertz CT molecular complexity index is 517. The van der Waals surface area contributed by atoms with E-state index in [4.69, 9.17) is 5.73 Å². The van der Waals surface area contributed by atoms with Gasteiger partial charge >= 0.3 is 0 Å². The van der Waals surface area contributed by atoms with Gasteiger partial charge in [-0.3, -0.25) is 0 Å². The van der Waals surface area contributed by atoms with Crippen LogP contribution in [0, 0.1) is 13.8 Å². The minimum atomic E-state index is 0.233. The fourth-order valence-corrected chi connectivity index (χ4v) is 1.79. The highest BCUT2D eigenvalue weighted by atomic mass is 16.3. The van der Waals surface area contributed by atoms with E-state index in [-0.39, 0.29) is 5.75 Å². The highest BCUT2D eigenvalue weighted by Crippen LogP contribution is 2.26. The average molecular weight is 217 g/mol. The van der Waals surface area contributed by atoms with Gasteiger partial charge in [0.1, 0.15) is 11.6 Å². The minimum absolute atomic E-state index is 0.233. The van der Waals surface area contributed by atoms with Crippen LogP contribution in [0.5, 0.6) is 5.75 Å². The molecule has 0 amide bonds. The molecule has 0 unspecified atom stereocenters. The number of aromatic hydroxyl groups is 1. The minimum Gasteiger partial charge on any atom is -0.508 e. The zero-order valence-electron chi connectivity index (χ0n) is 9.41. The number of benzene rings is 1. The number of nitrogens with two attached hydrogens (primary N) is 1. The molecule has 0 aliphatic rings. The van der Waals surface area contributed by atoms with Crippen molar-refractivity contribution in [2.24, 2.45) is 5.73 Å². The molecule has 2 aromatic rings. The molecular formula is C12H15N3O. The van der Waals surface area contributed by atoms with Crippen molar-refractivity contribution in [3.8, 4) is 17.0 Å². The van der Waals surface area contributed by atoms with Crippen LogP contribution in [0.1, 0.15) is 17.1 Å². The fraction of sp³-hybridized carbons (Fsp3) is 0.250. The van der Waals surface area contributed by atoms with E-state index < -0.39 is 0 Å².